The van der Waals surface area contributed by atoms with Crippen LogP contribution in [0, 0.1) is 35.5 Å². The monoisotopic (exact) mass is 226 g/mol. The van der Waals surface area contributed by atoms with Crippen LogP contribution in [0.15, 0.2) is 0 Å². The standard InChI is InChI=1S/C12H18O4/c1-5-6(2)8-4-7(5)9(11(13)14)10(8)12(15)16-3/h5-10H,4H2,1-3H3,(H,13,14)/t5-,6+,7+,8-,9+,10+/m0/s1. The lowest BCUT2D eigenvalue weighted by atomic mass is 9.69. The van der Waals surface area contributed by atoms with Gasteiger partial charge in [0.25, 0.3) is 0 Å². The Morgan fingerprint density at radius 1 is 1.12 bits per heavy atom. The van der Waals surface area contributed by atoms with Crippen LogP contribution in [0.3, 0.4) is 0 Å². The van der Waals surface area contributed by atoms with E-state index in [1.165, 1.54) is 7.11 Å². The Labute approximate surface area is 95.0 Å². The Bertz CT molecular complexity index is 325. The zero-order valence-electron chi connectivity index (χ0n) is 9.84. The molecule has 0 amide bonds. The summed E-state index contributed by atoms with van der Waals surface area (Å²) in [6.45, 7) is 4.21. The van der Waals surface area contributed by atoms with Crippen molar-refractivity contribution in [2.45, 2.75) is 20.3 Å². The molecule has 0 saturated heterocycles. The zero-order chi connectivity index (χ0) is 12.0. The van der Waals surface area contributed by atoms with Crippen LogP contribution < -0.4 is 0 Å². The Morgan fingerprint density at radius 2 is 1.62 bits per heavy atom. The molecule has 0 unspecified atom stereocenters. The minimum absolute atomic E-state index is 0.140. The molecule has 6 atom stereocenters. The summed E-state index contributed by atoms with van der Waals surface area (Å²) in [5.41, 5.74) is 0. The number of methoxy groups -OCH3 is 1. The molecule has 4 heteroatoms. The summed E-state index contributed by atoms with van der Waals surface area (Å²) in [5, 5.41) is 9.25. The van der Waals surface area contributed by atoms with Gasteiger partial charge in [0.2, 0.25) is 0 Å². The van der Waals surface area contributed by atoms with Crippen molar-refractivity contribution in [1.29, 1.82) is 0 Å². The molecule has 4 nitrogen and oxygen atoms in total. The summed E-state index contributed by atoms with van der Waals surface area (Å²) in [4.78, 5) is 23.0. The van der Waals surface area contributed by atoms with Crippen molar-refractivity contribution >= 4 is 11.9 Å². The van der Waals surface area contributed by atoms with Gasteiger partial charge < -0.3 is 9.84 Å². The Hall–Kier alpha value is -1.06. The molecule has 2 rings (SSSR count). The third kappa shape index (κ3) is 1.35. The number of carbonyl (C=O) groups is 2. The molecule has 2 saturated carbocycles. The topological polar surface area (TPSA) is 63.6 Å². The molecule has 0 aliphatic heterocycles. The van der Waals surface area contributed by atoms with E-state index < -0.39 is 17.8 Å². The maximum absolute atomic E-state index is 11.7. The van der Waals surface area contributed by atoms with Crippen molar-refractivity contribution in [2.24, 2.45) is 35.5 Å². The second-order valence-corrected chi connectivity index (χ2v) is 5.19. The molecule has 16 heavy (non-hydrogen) atoms. The van der Waals surface area contributed by atoms with Crippen molar-refractivity contribution < 1.29 is 19.4 Å². The van der Waals surface area contributed by atoms with Crippen LogP contribution in [0.4, 0.5) is 0 Å². The van der Waals surface area contributed by atoms with Crippen LogP contribution in [-0.2, 0) is 14.3 Å². The highest BCUT2D eigenvalue weighted by molar-refractivity contribution is 5.82. The lowest BCUT2D eigenvalue weighted by Gasteiger charge is -2.34. The Morgan fingerprint density at radius 3 is 2.06 bits per heavy atom. The van der Waals surface area contributed by atoms with Crippen LogP contribution in [-0.4, -0.2) is 24.2 Å². The van der Waals surface area contributed by atoms with E-state index in [4.69, 9.17) is 4.74 Å². The van der Waals surface area contributed by atoms with E-state index >= 15 is 0 Å². The molecule has 90 valence electrons. The summed E-state index contributed by atoms with van der Waals surface area (Å²) in [6.07, 6.45) is 0.860. The lowest BCUT2D eigenvalue weighted by Crippen LogP contribution is -2.41. The van der Waals surface area contributed by atoms with E-state index in [-0.39, 0.29) is 17.8 Å². The second-order valence-electron chi connectivity index (χ2n) is 5.19. The smallest absolute Gasteiger partial charge is 0.309 e. The van der Waals surface area contributed by atoms with Crippen LogP contribution in [0.5, 0.6) is 0 Å². The third-order valence-electron chi connectivity index (χ3n) is 4.79. The maximum Gasteiger partial charge on any atom is 0.309 e. The number of carbonyl (C=O) groups excluding carboxylic acids is 1. The summed E-state index contributed by atoms with van der Waals surface area (Å²) < 4.78 is 4.75. The first-order valence-corrected chi connectivity index (χ1v) is 5.79. The van der Waals surface area contributed by atoms with E-state index in [0.717, 1.165) is 6.42 Å². The average molecular weight is 226 g/mol. The van der Waals surface area contributed by atoms with E-state index in [1.54, 1.807) is 0 Å². The van der Waals surface area contributed by atoms with E-state index in [1.807, 2.05) is 0 Å². The maximum atomic E-state index is 11.7. The normalized spacial score (nSPS) is 45.7. The molecule has 1 N–H and O–H groups in total. The summed E-state index contributed by atoms with van der Waals surface area (Å²) >= 11 is 0. The fourth-order valence-electron chi connectivity index (χ4n) is 3.80. The molecule has 0 aromatic carbocycles. The summed E-state index contributed by atoms with van der Waals surface area (Å²) in [7, 11) is 1.33. The number of hydrogen-bond acceptors (Lipinski definition) is 3. The molecular weight excluding hydrogens is 208 g/mol. The molecule has 2 aliphatic rings. The fraction of sp³-hybridized carbons (Fsp3) is 0.833. The lowest BCUT2D eigenvalue weighted by molar-refractivity contribution is -0.160. The van der Waals surface area contributed by atoms with Gasteiger partial charge in [-0.2, -0.15) is 0 Å². The first-order valence-electron chi connectivity index (χ1n) is 5.79. The van der Waals surface area contributed by atoms with Gasteiger partial charge in [0.05, 0.1) is 18.9 Å². The zero-order valence-corrected chi connectivity index (χ0v) is 9.84. The number of aliphatic carboxylic acids is 1. The molecule has 0 heterocycles. The number of hydrogen-bond donors (Lipinski definition) is 1. The largest absolute Gasteiger partial charge is 0.481 e. The van der Waals surface area contributed by atoms with Crippen molar-refractivity contribution in [3.63, 3.8) is 0 Å². The summed E-state index contributed by atoms with van der Waals surface area (Å²) in [5.74, 6) is -1.02. The van der Waals surface area contributed by atoms with Gasteiger partial charge in [0, 0.05) is 0 Å². The predicted molar refractivity (Wildman–Crippen MR) is 56.6 cm³/mol. The van der Waals surface area contributed by atoms with Crippen molar-refractivity contribution in [1.82, 2.24) is 0 Å². The van der Waals surface area contributed by atoms with Gasteiger partial charge in [0.15, 0.2) is 0 Å². The van der Waals surface area contributed by atoms with E-state index in [2.05, 4.69) is 13.8 Å². The van der Waals surface area contributed by atoms with Crippen molar-refractivity contribution in [3.8, 4) is 0 Å². The molecule has 2 aliphatic carbocycles. The average Bonchev–Trinajstić information content (AvgIpc) is 2.76. The number of carboxylic acid groups (broad SMARTS) is 1. The highest BCUT2D eigenvalue weighted by Gasteiger charge is 2.60. The molecule has 0 radical (unpaired) electrons. The van der Waals surface area contributed by atoms with Gasteiger partial charge in [-0.1, -0.05) is 13.8 Å². The molecule has 2 bridgehead atoms. The van der Waals surface area contributed by atoms with E-state index in [0.29, 0.717) is 11.8 Å². The SMILES string of the molecule is COC(=O)[C@@H]1[C@H]2C[C@H]([C@@H](C)[C@H]2C)[C@H]1C(=O)O. The van der Waals surface area contributed by atoms with Crippen LogP contribution >= 0.6 is 0 Å². The van der Waals surface area contributed by atoms with Gasteiger partial charge in [-0.25, -0.2) is 0 Å². The van der Waals surface area contributed by atoms with Gasteiger partial charge >= 0.3 is 11.9 Å². The summed E-state index contributed by atoms with van der Waals surface area (Å²) in [6, 6.07) is 0. The minimum Gasteiger partial charge on any atom is -0.481 e. The van der Waals surface area contributed by atoms with Crippen molar-refractivity contribution in [3.05, 3.63) is 0 Å². The van der Waals surface area contributed by atoms with Crippen LogP contribution in [0.25, 0.3) is 0 Å². The van der Waals surface area contributed by atoms with Gasteiger partial charge in [0.1, 0.15) is 0 Å². The molecule has 2 fully saturated rings. The van der Waals surface area contributed by atoms with E-state index in [9.17, 15) is 14.7 Å². The molecule has 0 spiro atoms. The van der Waals surface area contributed by atoms with Gasteiger partial charge in [-0.3, -0.25) is 9.59 Å². The number of carboxylic acids is 1. The first-order chi connectivity index (χ1) is 7.49. The van der Waals surface area contributed by atoms with Gasteiger partial charge in [-0.15, -0.1) is 0 Å². The number of rotatable bonds is 2. The molecule has 0 aromatic rings. The van der Waals surface area contributed by atoms with Gasteiger partial charge in [-0.05, 0) is 30.1 Å². The third-order valence-corrected chi connectivity index (χ3v) is 4.79. The number of ether oxygens (including phenoxy) is 1. The van der Waals surface area contributed by atoms with Crippen LogP contribution in [0.1, 0.15) is 20.3 Å². The first kappa shape index (κ1) is 11.4. The Kier molecular flexibility index (Phi) is 2.68. The number of esters is 1. The quantitative estimate of drug-likeness (QED) is 0.723. The Balaban J connectivity index is 2.30. The molecular formula is C12H18O4. The predicted octanol–water partition coefficient (Wildman–Crippen LogP) is 1.40. The van der Waals surface area contributed by atoms with Crippen LogP contribution in [0.2, 0.25) is 0 Å². The van der Waals surface area contributed by atoms with Crippen molar-refractivity contribution in [2.75, 3.05) is 7.11 Å². The highest BCUT2D eigenvalue weighted by atomic mass is 16.5. The molecule has 0 aromatic heterocycles. The highest BCUT2D eigenvalue weighted by Crippen LogP contribution is 2.58. The fourth-order valence-corrected chi connectivity index (χ4v) is 3.80. The minimum atomic E-state index is -0.846. The number of fused-ring (bicyclic) bond motifs is 2. The second kappa shape index (κ2) is 3.75.